The topological polar surface area (TPSA) is 3.24 Å². The predicted octanol–water partition coefficient (Wildman–Crippen LogP) is 2.33. The Hall–Kier alpha value is 0.907. The fourth-order valence-electron chi connectivity index (χ4n) is 1.26. The smallest absolute Gasteiger partial charge is 0.360 e. The molecule has 0 heterocycles. The van der Waals surface area contributed by atoms with Crippen LogP contribution in [0, 0.1) is 20.8 Å². The quantitative estimate of drug-likeness (QED) is 0.625. The third-order valence-electron chi connectivity index (χ3n) is 2.03. The Bertz CT molecular complexity index is 265. The van der Waals surface area contributed by atoms with E-state index in [1.807, 2.05) is 12.1 Å². The molecule has 1 nitrogen and oxygen atoms in total. The van der Waals surface area contributed by atoms with Gasteiger partial charge in [-0.25, -0.2) is 0 Å². The molecule has 0 amide bonds. The third-order valence-corrected chi connectivity index (χ3v) is 2.03. The van der Waals surface area contributed by atoms with E-state index in [2.05, 4.69) is 37.8 Å². The van der Waals surface area contributed by atoms with Crippen molar-refractivity contribution < 1.29 is 58.2 Å². The monoisotopic (exact) mass is 460 g/mol. The van der Waals surface area contributed by atoms with Crippen LogP contribution in [0.1, 0.15) is 11.1 Å². The van der Waals surface area contributed by atoms with Crippen molar-refractivity contribution in [2.24, 2.45) is 0 Å². The van der Waals surface area contributed by atoms with E-state index in [1.165, 1.54) is 5.56 Å². The van der Waals surface area contributed by atoms with Gasteiger partial charge in [0.2, 0.25) is 0 Å². The minimum Gasteiger partial charge on any atom is -0.360 e. The number of benzene rings is 1. The van der Waals surface area contributed by atoms with Crippen LogP contribution in [0.4, 0.5) is 0 Å². The van der Waals surface area contributed by atoms with Gasteiger partial charge in [0.1, 0.15) is 0 Å². The second-order valence-corrected chi connectivity index (χ2v) is 3.10. The predicted molar refractivity (Wildman–Crippen MR) is 56.9 cm³/mol. The van der Waals surface area contributed by atoms with Crippen molar-refractivity contribution >= 4 is 0 Å². The second kappa shape index (κ2) is 12.4. The SMILES string of the molecule is [CH2-]CN(C[CH2-])Cc1cccc([CH2-])c1.[V+2].[V].[W]. The van der Waals surface area contributed by atoms with Crippen LogP contribution in [-0.2, 0) is 64.7 Å². The molecular formula is C12H16NV2W-. The molecule has 1 aromatic rings. The molecule has 0 fully saturated rings. The summed E-state index contributed by atoms with van der Waals surface area (Å²) in [4.78, 5) is 2.18. The average molecular weight is 460 g/mol. The summed E-state index contributed by atoms with van der Waals surface area (Å²) in [6, 6.07) is 8.23. The molecule has 86 valence electrons. The summed E-state index contributed by atoms with van der Waals surface area (Å²) in [7, 11) is 0. The minimum atomic E-state index is 0. The first-order chi connectivity index (χ1) is 6.26. The first-order valence-corrected chi connectivity index (χ1v) is 4.48. The molecule has 0 saturated heterocycles. The number of rotatable bonds is 4. The van der Waals surface area contributed by atoms with Crippen molar-refractivity contribution in [1.82, 2.24) is 4.90 Å². The molecule has 2 radical (unpaired) electrons. The van der Waals surface area contributed by atoms with Crippen LogP contribution < -0.4 is 0 Å². The van der Waals surface area contributed by atoms with E-state index in [0.29, 0.717) is 0 Å². The van der Waals surface area contributed by atoms with Crippen molar-refractivity contribution in [3.63, 3.8) is 0 Å². The number of hydrogen-bond donors (Lipinski definition) is 0. The van der Waals surface area contributed by atoms with Crippen molar-refractivity contribution in [3.05, 3.63) is 56.2 Å². The summed E-state index contributed by atoms with van der Waals surface area (Å²) in [5.74, 6) is 0. The van der Waals surface area contributed by atoms with Gasteiger partial charge < -0.3 is 18.7 Å². The zero-order chi connectivity index (χ0) is 9.68. The average Bonchev–Trinajstić information content (AvgIpc) is 2.14. The summed E-state index contributed by atoms with van der Waals surface area (Å²) in [6.45, 7) is 14.1. The molecule has 0 N–H and O–H groups in total. The Morgan fingerprint density at radius 1 is 1.12 bits per heavy atom. The molecule has 0 atom stereocenters. The maximum atomic E-state index is 3.89. The minimum absolute atomic E-state index is 0. The zero-order valence-corrected chi connectivity index (χ0v) is 15.0. The maximum Gasteiger partial charge on any atom is 2.00 e. The van der Waals surface area contributed by atoms with Gasteiger partial charge in [-0.3, -0.25) is 0 Å². The molecule has 0 saturated carbocycles. The Kier molecular flexibility index (Phi) is 17.1. The van der Waals surface area contributed by atoms with Crippen LogP contribution in [0.15, 0.2) is 24.3 Å². The fourth-order valence-corrected chi connectivity index (χ4v) is 1.26. The standard InChI is InChI=1S/C12H16N.2V.W/c1-4-13(5-2)10-12-8-6-7-11(3)9-12;;;/h6-9H,1-5,10H2;;;/q-3;;+2;. The van der Waals surface area contributed by atoms with Crippen LogP contribution in [0.3, 0.4) is 0 Å². The molecule has 0 bridgehead atoms. The van der Waals surface area contributed by atoms with Gasteiger partial charge in [0.05, 0.1) is 0 Å². The summed E-state index contributed by atoms with van der Waals surface area (Å²) in [5, 5.41) is 0. The molecule has 0 aliphatic heterocycles. The number of nitrogens with zero attached hydrogens (tertiary/aromatic N) is 1. The first-order valence-electron chi connectivity index (χ1n) is 4.48. The van der Waals surface area contributed by atoms with E-state index in [-0.39, 0.29) is 58.2 Å². The first kappa shape index (κ1) is 22.1. The van der Waals surface area contributed by atoms with Crippen LogP contribution in [-0.4, -0.2) is 18.0 Å². The molecule has 0 aliphatic rings. The van der Waals surface area contributed by atoms with Crippen molar-refractivity contribution in [2.75, 3.05) is 13.1 Å². The van der Waals surface area contributed by atoms with E-state index >= 15 is 0 Å². The van der Waals surface area contributed by atoms with Gasteiger partial charge in [-0.1, -0.05) is 11.6 Å². The van der Waals surface area contributed by atoms with E-state index in [4.69, 9.17) is 0 Å². The summed E-state index contributed by atoms with van der Waals surface area (Å²) >= 11 is 0. The molecule has 0 spiro atoms. The molecule has 0 unspecified atom stereocenters. The van der Waals surface area contributed by atoms with Crippen LogP contribution in [0.2, 0.25) is 0 Å². The Morgan fingerprint density at radius 2 is 1.69 bits per heavy atom. The fraction of sp³-hybridized carbons (Fsp3) is 0.250. The Balaban J connectivity index is -0.000000563. The summed E-state index contributed by atoms with van der Waals surface area (Å²) < 4.78 is 0. The van der Waals surface area contributed by atoms with Crippen LogP contribution in [0.25, 0.3) is 0 Å². The van der Waals surface area contributed by atoms with Gasteiger partial charge in [-0.2, -0.15) is 24.6 Å². The van der Waals surface area contributed by atoms with Crippen molar-refractivity contribution in [1.29, 1.82) is 0 Å². The van der Waals surface area contributed by atoms with E-state index in [0.717, 1.165) is 25.2 Å². The molecule has 0 aliphatic carbocycles. The molecule has 1 aromatic carbocycles. The van der Waals surface area contributed by atoms with Crippen LogP contribution >= 0.6 is 0 Å². The summed E-state index contributed by atoms with van der Waals surface area (Å²) in [5.41, 5.74) is 2.34. The van der Waals surface area contributed by atoms with E-state index < -0.39 is 0 Å². The molecule has 0 aromatic heterocycles. The number of hydrogen-bond acceptors (Lipinski definition) is 1. The third kappa shape index (κ3) is 8.07. The van der Waals surface area contributed by atoms with Crippen LogP contribution in [0.5, 0.6) is 0 Å². The van der Waals surface area contributed by atoms with Crippen molar-refractivity contribution in [2.45, 2.75) is 6.54 Å². The van der Waals surface area contributed by atoms with E-state index in [1.54, 1.807) is 0 Å². The Labute approximate surface area is 138 Å². The van der Waals surface area contributed by atoms with Gasteiger partial charge in [0.25, 0.3) is 0 Å². The van der Waals surface area contributed by atoms with E-state index in [9.17, 15) is 0 Å². The molecule has 1 rings (SSSR count). The zero-order valence-electron chi connectivity index (χ0n) is 9.30. The normalized spacial score (nSPS) is 8.69. The Morgan fingerprint density at radius 3 is 2.12 bits per heavy atom. The largest absolute Gasteiger partial charge is 2.00 e. The molecule has 4 heteroatoms. The molecule has 16 heavy (non-hydrogen) atoms. The van der Waals surface area contributed by atoms with Gasteiger partial charge in [0.15, 0.2) is 0 Å². The maximum absolute atomic E-state index is 3.89. The summed E-state index contributed by atoms with van der Waals surface area (Å²) in [6.07, 6.45) is 0. The van der Waals surface area contributed by atoms with Gasteiger partial charge in [-0.15, -0.1) is 19.2 Å². The molecular weight excluding hydrogens is 444 g/mol. The van der Waals surface area contributed by atoms with Gasteiger partial charge in [0, 0.05) is 46.2 Å². The second-order valence-electron chi connectivity index (χ2n) is 3.10. The van der Waals surface area contributed by atoms with Crippen molar-refractivity contribution in [3.8, 4) is 0 Å². The van der Waals surface area contributed by atoms with Gasteiger partial charge >= 0.3 is 18.6 Å². The van der Waals surface area contributed by atoms with Gasteiger partial charge in [-0.05, 0) is 0 Å².